The predicted octanol–water partition coefficient (Wildman–Crippen LogP) is 5.77. The van der Waals surface area contributed by atoms with Gasteiger partial charge in [-0.05, 0) is 127 Å². The number of nitrogens with one attached hydrogen (secondary N) is 3. The lowest BCUT2D eigenvalue weighted by Gasteiger charge is -2.50. The first-order valence-electron chi connectivity index (χ1n) is 24.5. The minimum Gasteiger partial charge on any atom is -0.489 e. The monoisotopic (exact) mass is 1110 g/mol. The van der Waals surface area contributed by atoms with E-state index in [2.05, 4.69) is 39.7 Å². The first-order valence-corrected chi connectivity index (χ1v) is 26.7. The lowest BCUT2D eigenvalue weighted by molar-refractivity contribution is -0.780. The van der Waals surface area contributed by atoms with E-state index in [9.17, 15) is 41.7 Å². The molecule has 3 atom stereocenters. The summed E-state index contributed by atoms with van der Waals surface area (Å²) in [5.41, 5.74) is -3.71. The number of alkyl carbamates (subject to hydrolysis) is 1. The highest BCUT2D eigenvalue weighted by molar-refractivity contribution is 7.80. The maximum absolute atomic E-state index is 14.0. The smallest absolute Gasteiger partial charge is 0.418 e. The van der Waals surface area contributed by atoms with Gasteiger partial charge in [0.2, 0.25) is 6.20 Å². The van der Waals surface area contributed by atoms with Crippen LogP contribution >= 0.6 is 11.3 Å². The van der Waals surface area contributed by atoms with Crippen LogP contribution in [0.15, 0.2) is 47.2 Å². The summed E-state index contributed by atoms with van der Waals surface area (Å²) in [7, 11) is -5.11. The maximum atomic E-state index is 14.0. The maximum Gasteiger partial charge on any atom is 0.418 e. The molecule has 3 aromatic rings. The normalized spacial score (nSPS) is 17.5. The lowest BCUT2D eigenvalue weighted by Crippen LogP contribution is -2.76. The van der Waals surface area contributed by atoms with Crippen molar-refractivity contribution in [3.8, 4) is 16.9 Å². The van der Waals surface area contributed by atoms with Gasteiger partial charge in [-0.3, -0.25) is 19.5 Å². The highest BCUT2D eigenvalue weighted by Crippen LogP contribution is 2.33. The number of aryl methyl sites for hydroxylation is 1. The predicted molar refractivity (Wildman–Crippen MR) is 275 cm³/mol. The third kappa shape index (κ3) is 18.3. The first-order chi connectivity index (χ1) is 34.9. The third-order valence-corrected chi connectivity index (χ3v) is 11.8. The average molecular weight is 1110 g/mol. The fourth-order valence-corrected chi connectivity index (χ4v) is 8.62. The number of carbonyl (C=O) groups is 6. The zero-order chi connectivity index (χ0) is 56.8. The molecule has 76 heavy (non-hydrogen) atoms. The molecule has 27 heteroatoms. The summed E-state index contributed by atoms with van der Waals surface area (Å²) in [5.74, 6) is -2.58. The molecule has 4 N–H and O–H groups in total. The number of carbonyl (C=O) groups excluding carboxylic acids is 6. The van der Waals surface area contributed by atoms with Gasteiger partial charge in [0.15, 0.2) is 17.4 Å². The van der Waals surface area contributed by atoms with Crippen LogP contribution in [0.25, 0.3) is 11.1 Å². The van der Waals surface area contributed by atoms with Crippen molar-refractivity contribution >= 4 is 68.6 Å². The number of oxime groups is 1. The number of benzene rings is 1. The summed E-state index contributed by atoms with van der Waals surface area (Å²) in [6, 6.07) is 5.60. The van der Waals surface area contributed by atoms with Gasteiger partial charge in [-0.25, -0.2) is 24.2 Å². The number of ether oxygens (including phenoxy) is 5. The second-order valence-electron chi connectivity index (χ2n) is 22.6. The number of likely N-dealkylation sites (tertiary alicyclic amines) is 1. The van der Waals surface area contributed by atoms with Crippen molar-refractivity contribution in [3.05, 3.63) is 47.7 Å². The van der Waals surface area contributed by atoms with Gasteiger partial charge in [-0.15, -0.1) is 20.3 Å². The molecule has 25 nitrogen and oxygen atoms in total. The number of rotatable bonds is 19. The number of thiazole rings is 1. The van der Waals surface area contributed by atoms with E-state index in [4.69, 9.17) is 28.5 Å². The molecule has 2 saturated heterocycles. The molecule has 1 aromatic carbocycles. The van der Waals surface area contributed by atoms with Gasteiger partial charge in [-0.1, -0.05) is 17.3 Å². The Hall–Kier alpha value is -6.58. The van der Waals surface area contributed by atoms with Crippen LogP contribution < -0.4 is 25.4 Å². The Bertz CT molecular complexity index is 2730. The molecule has 420 valence electrons. The molecular formula is C49H72N9O16S2+. The van der Waals surface area contributed by atoms with Gasteiger partial charge < -0.3 is 44.1 Å². The summed E-state index contributed by atoms with van der Waals surface area (Å²) in [4.78, 5) is 90.2. The second-order valence-corrected chi connectivity index (χ2v) is 24.5. The van der Waals surface area contributed by atoms with Crippen molar-refractivity contribution in [1.29, 1.82) is 0 Å². The Labute approximate surface area is 446 Å². The molecule has 4 heterocycles. The number of β-lactam (4-membered cyclic amide) rings is 1. The van der Waals surface area contributed by atoms with Crippen molar-refractivity contribution in [2.75, 3.05) is 31.6 Å². The molecule has 0 unspecified atom stereocenters. The molecule has 0 radical (unpaired) electrons. The summed E-state index contributed by atoms with van der Waals surface area (Å²) < 4.78 is 68.6. The zero-order valence-corrected chi connectivity index (χ0v) is 47.1. The molecule has 5 rings (SSSR count). The zero-order valence-electron chi connectivity index (χ0n) is 45.5. The van der Waals surface area contributed by atoms with Gasteiger partial charge in [0.05, 0.1) is 23.8 Å². The van der Waals surface area contributed by atoms with Crippen molar-refractivity contribution < 1.29 is 79.2 Å². The SMILES string of the molecule is CC(C)(C)OC(=O)NCCCn1cc(-c2ccc(OC[C@H](O/N=C(\C(=O)N[C@@H]3C(=O)N(OS(=O)(=O)O)C3(C)C)c3csc(NC(=O)OC(C)(C)C)n3)C(=O)OC(C)(C)C)cc2)c[n+]1C[C@@H]1CCN(C(=O)OC(C)(C)C)C1. The van der Waals surface area contributed by atoms with Crippen molar-refractivity contribution in [2.24, 2.45) is 11.1 Å². The van der Waals surface area contributed by atoms with E-state index >= 15 is 0 Å². The number of aromatic nitrogens is 3. The lowest BCUT2D eigenvalue weighted by atomic mass is 9.84. The Morgan fingerprint density at radius 3 is 2.11 bits per heavy atom. The first kappa shape index (κ1) is 60.3. The van der Waals surface area contributed by atoms with Gasteiger partial charge >= 0.3 is 34.6 Å². The molecule has 0 saturated carbocycles. The van der Waals surface area contributed by atoms with Crippen LogP contribution in [0.4, 0.5) is 19.5 Å². The summed E-state index contributed by atoms with van der Waals surface area (Å²) in [6.07, 6.45) is 2.06. The fourth-order valence-electron chi connectivity index (χ4n) is 7.48. The van der Waals surface area contributed by atoms with E-state index in [0.717, 1.165) is 28.9 Å². The van der Waals surface area contributed by atoms with E-state index in [1.165, 1.54) is 19.2 Å². The van der Waals surface area contributed by atoms with Crippen molar-refractivity contribution in [3.63, 3.8) is 0 Å². The Morgan fingerprint density at radius 2 is 1.51 bits per heavy atom. The number of nitrogens with zero attached hydrogens (tertiary/aromatic N) is 6. The van der Waals surface area contributed by atoms with E-state index in [1.54, 1.807) is 79.3 Å². The molecule has 0 spiro atoms. The molecular weight excluding hydrogens is 1030 g/mol. The minimum absolute atomic E-state index is 0.0209. The van der Waals surface area contributed by atoms with Gasteiger partial charge in [0.25, 0.3) is 17.9 Å². The van der Waals surface area contributed by atoms with Crippen LogP contribution in [-0.2, 0) is 65.9 Å². The number of hydrogen-bond acceptors (Lipinski definition) is 18. The summed E-state index contributed by atoms with van der Waals surface area (Å²) in [5, 5.41) is 13.4. The van der Waals surface area contributed by atoms with Crippen LogP contribution in [0, 0.1) is 5.92 Å². The summed E-state index contributed by atoms with van der Waals surface area (Å²) >= 11 is 0.885. The van der Waals surface area contributed by atoms with Gasteiger partial charge in [0, 0.05) is 30.9 Å². The number of hydrogen-bond donors (Lipinski definition) is 4. The largest absolute Gasteiger partial charge is 0.489 e. The van der Waals surface area contributed by atoms with Crippen LogP contribution in [0.5, 0.6) is 5.75 Å². The van der Waals surface area contributed by atoms with Crippen LogP contribution in [0.2, 0.25) is 0 Å². The molecule has 2 aromatic heterocycles. The quantitative estimate of drug-likeness (QED) is 0.0162. The number of hydroxylamine groups is 2. The van der Waals surface area contributed by atoms with Crippen LogP contribution in [-0.4, -0.2) is 141 Å². The second kappa shape index (κ2) is 23.8. The molecule has 2 aliphatic heterocycles. The average Bonchev–Trinajstić information content (AvgIpc) is 4.03. The van der Waals surface area contributed by atoms with Crippen molar-refractivity contribution in [1.82, 2.24) is 30.3 Å². The number of amides is 5. The number of anilines is 1. The third-order valence-electron chi connectivity index (χ3n) is 10.7. The molecule has 2 fully saturated rings. The fraction of sp³-hybridized carbons (Fsp3) is 0.612. The highest BCUT2D eigenvalue weighted by atomic mass is 32.3. The molecule has 5 amide bonds. The van der Waals surface area contributed by atoms with E-state index < -0.39 is 92.8 Å². The molecule has 2 aliphatic rings. The highest BCUT2D eigenvalue weighted by Gasteiger charge is 2.58. The van der Waals surface area contributed by atoms with Gasteiger partial charge in [-0.2, -0.15) is 18.2 Å². The Balaban J connectivity index is 1.37. The molecule has 0 bridgehead atoms. The minimum atomic E-state index is -5.11. The van der Waals surface area contributed by atoms with E-state index in [0.29, 0.717) is 50.0 Å². The van der Waals surface area contributed by atoms with Gasteiger partial charge in [0.1, 0.15) is 46.5 Å². The van der Waals surface area contributed by atoms with E-state index in [1.807, 2.05) is 45.3 Å². The van der Waals surface area contributed by atoms with Crippen molar-refractivity contribution in [2.45, 2.75) is 163 Å². The number of esters is 1. The standard InChI is InChI=1S/C49H71N9O16S2/c1-45(2,3)69-40(61)35(73-54-36(34-29-75-41(51-34)53-43(63)71-47(7,8)9)38(59)52-37-39(60)58(49(37,13)14)74-76(65,66)67)28-68-33-18-16-31(17-19-33)32-26-56(22-15-21-50-42(62)70-46(4,5)6)57(27-32)25-30-20-23-55(24-30)44(64)72-48(10,11)12/h16-19,26-27,29-30,35,37H,15,20-25,28H2,1-14H3,(H3-,50,51,52,53,59,62,63,65,66,67)/p+1/b54-36-/t30-,35+,37-/m1/s1. The van der Waals surface area contributed by atoms with E-state index in [-0.39, 0.29) is 22.8 Å². The topological polar surface area (TPSA) is 298 Å². The summed E-state index contributed by atoms with van der Waals surface area (Å²) in [6.45, 7) is 25.6. The molecule has 0 aliphatic carbocycles. The van der Waals surface area contributed by atoms with Crippen LogP contribution in [0.3, 0.4) is 0 Å². The Morgan fingerprint density at radius 1 is 0.895 bits per heavy atom. The van der Waals surface area contributed by atoms with Crippen LogP contribution in [0.1, 0.15) is 115 Å². The Kier molecular flexibility index (Phi) is 18.8.